The molecule has 0 fully saturated rings. The molecule has 0 aliphatic carbocycles. The Kier molecular flexibility index (Phi) is 4.40. The SMILES string of the molecule is C(=N\c1ccncc1)/c1ccc2ccc3c(/C=N/c4ccncc4)ccc4ccc1c2c43. The molecule has 6 rings (SSSR count). The second kappa shape index (κ2) is 7.67. The van der Waals surface area contributed by atoms with Crippen molar-refractivity contribution in [2.24, 2.45) is 9.98 Å². The molecule has 2 heterocycles. The lowest BCUT2D eigenvalue weighted by Gasteiger charge is -2.13. The molecule has 0 spiro atoms. The molecule has 150 valence electrons. The second-order valence-corrected chi connectivity index (χ2v) is 7.66. The van der Waals surface area contributed by atoms with E-state index in [1.54, 1.807) is 24.8 Å². The maximum atomic E-state index is 4.65. The molecule has 0 amide bonds. The third-order valence-electron chi connectivity index (χ3n) is 5.76. The maximum absolute atomic E-state index is 4.65. The van der Waals surface area contributed by atoms with Crippen molar-refractivity contribution in [2.75, 3.05) is 0 Å². The van der Waals surface area contributed by atoms with Gasteiger partial charge in [0.2, 0.25) is 0 Å². The minimum absolute atomic E-state index is 0.889. The number of benzene rings is 4. The average molecular weight is 410 g/mol. The molecule has 0 aliphatic rings. The normalized spacial score (nSPS) is 12.1. The Labute approximate surface area is 185 Å². The summed E-state index contributed by atoms with van der Waals surface area (Å²) in [6.07, 6.45) is 10.9. The van der Waals surface area contributed by atoms with Crippen molar-refractivity contribution in [3.63, 3.8) is 0 Å². The second-order valence-electron chi connectivity index (χ2n) is 7.66. The topological polar surface area (TPSA) is 50.5 Å². The Morgan fingerprint density at radius 1 is 0.469 bits per heavy atom. The highest BCUT2D eigenvalue weighted by atomic mass is 14.7. The third kappa shape index (κ3) is 3.19. The number of aliphatic imine (C=N–C) groups is 2. The highest BCUT2D eigenvalue weighted by Gasteiger charge is 2.12. The Morgan fingerprint density at radius 2 is 0.875 bits per heavy atom. The molecule has 4 heteroatoms. The number of hydrogen-bond donors (Lipinski definition) is 0. The van der Waals surface area contributed by atoms with Crippen molar-refractivity contribution in [3.8, 4) is 0 Å². The van der Waals surface area contributed by atoms with E-state index in [0.29, 0.717) is 0 Å². The number of hydrogen-bond acceptors (Lipinski definition) is 4. The molecule has 0 unspecified atom stereocenters. The summed E-state index contributed by atoms with van der Waals surface area (Å²) in [6, 6.07) is 25.0. The standard InChI is InChI=1S/C28H18N4/c1-3-21(17-31-23-9-13-29-14-10-23)25-8-6-20-2-4-22(18-32-24-11-15-30-16-12-24)26-7-5-19(1)27(25)28(20)26/h1-18H/b31-17+,32-18+. The van der Waals surface area contributed by atoms with Gasteiger partial charge in [0.25, 0.3) is 0 Å². The van der Waals surface area contributed by atoms with Gasteiger partial charge in [-0.25, -0.2) is 0 Å². The first-order valence-electron chi connectivity index (χ1n) is 10.5. The van der Waals surface area contributed by atoms with Crippen molar-refractivity contribution in [1.29, 1.82) is 0 Å². The molecule has 4 aromatic carbocycles. The highest BCUT2D eigenvalue weighted by molar-refractivity contribution is 6.27. The highest BCUT2D eigenvalue weighted by Crippen LogP contribution is 2.37. The van der Waals surface area contributed by atoms with E-state index >= 15 is 0 Å². The van der Waals surface area contributed by atoms with Crippen molar-refractivity contribution in [2.45, 2.75) is 0 Å². The van der Waals surface area contributed by atoms with Crippen LogP contribution in [0.4, 0.5) is 11.4 Å². The smallest absolute Gasteiger partial charge is 0.0660 e. The lowest BCUT2D eigenvalue weighted by atomic mass is 9.90. The molecule has 0 aliphatic heterocycles. The van der Waals surface area contributed by atoms with Crippen LogP contribution in [0.2, 0.25) is 0 Å². The van der Waals surface area contributed by atoms with Gasteiger partial charge < -0.3 is 0 Å². The van der Waals surface area contributed by atoms with E-state index in [4.69, 9.17) is 0 Å². The molecule has 0 bridgehead atoms. The van der Waals surface area contributed by atoms with Crippen LogP contribution < -0.4 is 0 Å². The van der Waals surface area contributed by atoms with Gasteiger partial charge in [0, 0.05) is 48.3 Å². The number of pyridine rings is 2. The first-order valence-corrected chi connectivity index (χ1v) is 10.5. The largest absolute Gasteiger partial charge is 0.265 e. The van der Waals surface area contributed by atoms with Crippen LogP contribution in [-0.2, 0) is 0 Å². The summed E-state index contributed by atoms with van der Waals surface area (Å²) < 4.78 is 0. The Bertz CT molecular complexity index is 1480. The molecule has 6 aromatic rings. The lowest BCUT2D eigenvalue weighted by molar-refractivity contribution is 1.32. The van der Waals surface area contributed by atoms with Gasteiger partial charge in [0.1, 0.15) is 0 Å². The summed E-state index contributed by atoms with van der Waals surface area (Å²) >= 11 is 0. The molecule has 32 heavy (non-hydrogen) atoms. The van der Waals surface area contributed by atoms with E-state index in [-0.39, 0.29) is 0 Å². The molecule has 0 atom stereocenters. The minimum Gasteiger partial charge on any atom is -0.265 e. The van der Waals surface area contributed by atoms with E-state index in [2.05, 4.69) is 68.5 Å². The third-order valence-corrected chi connectivity index (χ3v) is 5.76. The molecular weight excluding hydrogens is 392 g/mol. The van der Waals surface area contributed by atoms with Crippen LogP contribution in [0, 0.1) is 0 Å². The van der Waals surface area contributed by atoms with E-state index in [0.717, 1.165) is 22.5 Å². The Morgan fingerprint density at radius 3 is 1.31 bits per heavy atom. The van der Waals surface area contributed by atoms with Crippen LogP contribution >= 0.6 is 0 Å². The first-order chi connectivity index (χ1) is 15.9. The molecule has 4 nitrogen and oxygen atoms in total. The van der Waals surface area contributed by atoms with Crippen molar-refractivity contribution >= 4 is 56.1 Å². The van der Waals surface area contributed by atoms with Gasteiger partial charge in [-0.3, -0.25) is 20.0 Å². The quantitative estimate of drug-likeness (QED) is 0.235. The van der Waals surface area contributed by atoms with Crippen molar-refractivity contribution in [1.82, 2.24) is 9.97 Å². The fourth-order valence-electron chi connectivity index (χ4n) is 4.22. The summed E-state index contributed by atoms with van der Waals surface area (Å²) in [5.74, 6) is 0. The summed E-state index contributed by atoms with van der Waals surface area (Å²) in [4.78, 5) is 17.4. The molecule has 2 aromatic heterocycles. The summed E-state index contributed by atoms with van der Waals surface area (Å²) in [5, 5.41) is 7.36. The number of aromatic nitrogens is 2. The van der Waals surface area contributed by atoms with Crippen molar-refractivity contribution < 1.29 is 0 Å². The van der Waals surface area contributed by atoms with Gasteiger partial charge in [-0.05, 0) is 56.6 Å². The molecular formula is C28H18N4. The van der Waals surface area contributed by atoms with Crippen LogP contribution in [0.15, 0.2) is 108 Å². The van der Waals surface area contributed by atoms with E-state index < -0.39 is 0 Å². The van der Waals surface area contributed by atoms with Gasteiger partial charge in [-0.15, -0.1) is 0 Å². The zero-order valence-electron chi connectivity index (χ0n) is 17.2. The van der Waals surface area contributed by atoms with Gasteiger partial charge in [-0.1, -0.05) is 48.5 Å². The molecule has 0 saturated carbocycles. The Balaban J connectivity index is 1.53. The fraction of sp³-hybridized carbons (Fsp3) is 0. The Hall–Kier alpha value is -4.44. The van der Waals surface area contributed by atoms with Crippen LogP contribution in [0.3, 0.4) is 0 Å². The lowest BCUT2D eigenvalue weighted by Crippen LogP contribution is -1.92. The predicted molar refractivity (Wildman–Crippen MR) is 133 cm³/mol. The van der Waals surface area contributed by atoms with Crippen LogP contribution in [-0.4, -0.2) is 22.4 Å². The monoisotopic (exact) mass is 410 g/mol. The van der Waals surface area contributed by atoms with Gasteiger partial charge in [0.15, 0.2) is 0 Å². The van der Waals surface area contributed by atoms with Crippen LogP contribution in [0.5, 0.6) is 0 Å². The van der Waals surface area contributed by atoms with E-state index in [9.17, 15) is 0 Å². The number of rotatable bonds is 4. The van der Waals surface area contributed by atoms with Gasteiger partial charge in [-0.2, -0.15) is 0 Å². The molecule has 0 N–H and O–H groups in total. The summed E-state index contributed by atoms with van der Waals surface area (Å²) in [5.41, 5.74) is 3.97. The van der Waals surface area contributed by atoms with Crippen LogP contribution in [0.1, 0.15) is 11.1 Å². The summed E-state index contributed by atoms with van der Waals surface area (Å²) in [6.45, 7) is 0. The fourth-order valence-corrected chi connectivity index (χ4v) is 4.22. The van der Waals surface area contributed by atoms with Gasteiger partial charge in [0.05, 0.1) is 11.4 Å². The number of nitrogens with zero attached hydrogens (tertiary/aromatic N) is 4. The van der Waals surface area contributed by atoms with E-state index in [1.807, 2.05) is 36.7 Å². The van der Waals surface area contributed by atoms with Crippen molar-refractivity contribution in [3.05, 3.63) is 109 Å². The minimum atomic E-state index is 0.889. The van der Waals surface area contributed by atoms with E-state index in [1.165, 1.54) is 32.3 Å². The average Bonchev–Trinajstić information content (AvgIpc) is 2.86. The van der Waals surface area contributed by atoms with Crippen LogP contribution in [0.25, 0.3) is 32.3 Å². The first kappa shape index (κ1) is 18.3. The van der Waals surface area contributed by atoms with Gasteiger partial charge >= 0.3 is 0 Å². The predicted octanol–water partition coefficient (Wildman–Crippen LogP) is 6.88. The molecule has 0 saturated heterocycles. The molecule has 0 radical (unpaired) electrons. The zero-order chi connectivity index (χ0) is 21.3. The summed E-state index contributed by atoms with van der Waals surface area (Å²) in [7, 11) is 0. The maximum Gasteiger partial charge on any atom is 0.0660 e. The zero-order valence-corrected chi connectivity index (χ0v) is 17.2.